The minimum atomic E-state index is 0.0112. The van der Waals surface area contributed by atoms with Gasteiger partial charge in [0.05, 0.1) is 18.4 Å². The number of hydrogen-bond donors (Lipinski definition) is 0. The van der Waals surface area contributed by atoms with Gasteiger partial charge in [0.15, 0.2) is 0 Å². The fourth-order valence-corrected chi connectivity index (χ4v) is 5.22. The molecular formula is C27H33N5O2. The molecule has 0 bridgehead atoms. The number of amides is 1. The lowest BCUT2D eigenvalue weighted by atomic mass is 9.90. The highest BCUT2D eigenvalue weighted by Crippen LogP contribution is 2.26. The first-order valence-electron chi connectivity index (χ1n) is 12.4. The first-order chi connectivity index (χ1) is 16.5. The summed E-state index contributed by atoms with van der Waals surface area (Å²) in [7, 11) is 2.02. The maximum absolute atomic E-state index is 13.0. The first-order valence-corrected chi connectivity index (χ1v) is 12.4. The topological polar surface area (TPSA) is 71.3 Å². The summed E-state index contributed by atoms with van der Waals surface area (Å²) >= 11 is 0. The molecule has 2 aromatic heterocycles. The van der Waals surface area contributed by atoms with E-state index in [1.165, 1.54) is 12.8 Å². The molecule has 5 rings (SSSR count). The Morgan fingerprint density at radius 3 is 2.44 bits per heavy atom. The van der Waals surface area contributed by atoms with Crippen LogP contribution in [0.1, 0.15) is 37.2 Å². The zero-order valence-corrected chi connectivity index (χ0v) is 20.2. The highest BCUT2D eigenvalue weighted by Gasteiger charge is 2.28. The molecule has 0 saturated carbocycles. The molecule has 0 radical (unpaired) electrons. The summed E-state index contributed by atoms with van der Waals surface area (Å²) in [6, 6.07) is 8.34. The van der Waals surface area contributed by atoms with Gasteiger partial charge in [-0.15, -0.1) is 0 Å². The van der Waals surface area contributed by atoms with Crippen LogP contribution in [-0.2, 0) is 23.1 Å². The number of imidazole rings is 1. The SMILES string of the molecule is Cc1ncc(-c2ccc3cnc(CC(=O)C4CCN(C(=O)CN5CCCC5)CC4)cc3c2)n1C. The summed E-state index contributed by atoms with van der Waals surface area (Å²) in [5.74, 6) is 1.43. The van der Waals surface area contributed by atoms with Crippen LogP contribution < -0.4 is 0 Å². The monoisotopic (exact) mass is 459 g/mol. The molecule has 4 heterocycles. The number of carbonyl (C=O) groups excluding carboxylic acids is 2. The Kier molecular flexibility index (Phi) is 6.46. The van der Waals surface area contributed by atoms with Gasteiger partial charge in [-0.25, -0.2) is 4.98 Å². The molecule has 0 atom stereocenters. The van der Waals surface area contributed by atoms with Crippen LogP contribution in [0.25, 0.3) is 22.0 Å². The molecule has 0 spiro atoms. The predicted octanol–water partition coefficient (Wildman–Crippen LogP) is 3.39. The van der Waals surface area contributed by atoms with Crippen LogP contribution in [0.5, 0.6) is 0 Å². The van der Waals surface area contributed by atoms with Crippen LogP contribution >= 0.6 is 0 Å². The number of Topliss-reactive ketones (excluding diaryl/α,β-unsaturated/α-hetero) is 1. The van der Waals surface area contributed by atoms with E-state index in [0.29, 0.717) is 26.1 Å². The van der Waals surface area contributed by atoms with Crippen LogP contribution in [-0.4, -0.2) is 68.7 Å². The van der Waals surface area contributed by atoms with Crippen LogP contribution in [0.4, 0.5) is 0 Å². The van der Waals surface area contributed by atoms with Gasteiger partial charge in [-0.05, 0) is 63.2 Å². The third-order valence-corrected chi connectivity index (χ3v) is 7.51. The number of benzene rings is 1. The summed E-state index contributed by atoms with van der Waals surface area (Å²) in [6.07, 6.45) is 7.98. The highest BCUT2D eigenvalue weighted by atomic mass is 16.2. The quantitative estimate of drug-likeness (QED) is 0.565. The Morgan fingerprint density at radius 1 is 0.971 bits per heavy atom. The van der Waals surface area contributed by atoms with Crippen molar-refractivity contribution in [3.8, 4) is 11.3 Å². The Morgan fingerprint density at radius 2 is 1.74 bits per heavy atom. The number of piperidine rings is 1. The second-order valence-corrected chi connectivity index (χ2v) is 9.77. The molecule has 2 fully saturated rings. The molecule has 0 aliphatic carbocycles. The average Bonchev–Trinajstić information content (AvgIpc) is 3.48. The number of ketones is 1. The zero-order chi connectivity index (χ0) is 23.7. The lowest BCUT2D eigenvalue weighted by molar-refractivity contribution is -0.135. The number of likely N-dealkylation sites (tertiary alicyclic amines) is 2. The molecule has 1 amide bonds. The molecule has 34 heavy (non-hydrogen) atoms. The van der Waals surface area contributed by atoms with Crippen LogP contribution in [0.2, 0.25) is 0 Å². The van der Waals surface area contributed by atoms with Gasteiger partial charge in [-0.3, -0.25) is 19.5 Å². The predicted molar refractivity (Wildman–Crippen MR) is 132 cm³/mol. The molecule has 2 aliphatic heterocycles. The second-order valence-electron chi connectivity index (χ2n) is 9.77. The van der Waals surface area contributed by atoms with Crippen molar-refractivity contribution in [2.45, 2.75) is 39.0 Å². The van der Waals surface area contributed by atoms with Gasteiger partial charge in [-0.1, -0.05) is 12.1 Å². The van der Waals surface area contributed by atoms with E-state index in [1.807, 2.05) is 37.3 Å². The number of pyridine rings is 1. The Balaban J connectivity index is 1.21. The van der Waals surface area contributed by atoms with Crippen LogP contribution in [0.3, 0.4) is 0 Å². The van der Waals surface area contributed by atoms with Crippen molar-refractivity contribution in [1.29, 1.82) is 0 Å². The Bertz CT molecular complexity index is 1200. The molecule has 3 aromatic rings. The summed E-state index contributed by atoms with van der Waals surface area (Å²) in [6.45, 7) is 5.95. The summed E-state index contributed by atoms with van der Waals surface area (Å²) in [5, 5.41) is 2.14. The molecule has 178 valence electrons. The molecule has 0 unspecified atom stereocenters. The molecule has 2 saturated heterocycles. The van der Waals surface area contributed by atoms with E-state index in [0.717, 1.165) is 59.5 Å². The van der Waals surface area contributed by atoms with Gasteiger partial charge in [0.25, 0.3) is 0 Å². The molecule has 7 nitrogen and oxygen atoms in total. The van der Waals surface area contributed by atoms with Gasteiger partial charge in [-0.2, -0.15) is 0 Å². The van der Waals surface area contributed by atoms with Crippen LogP contribution in [0.15, 0.2) is 36.7 Å². The molecule has 7 heteroatoms. The number of aromatic nitrogens is 3. The summed E-state index contributed by atoms with van der Waals surface area (Å²) in [4.78, 5) is 38.8. The zero-order valence-electron chi connectivity index (χ0n) is 20.2. The van der Waals surface area contributed by atoms with E-state index in [-0.39, 0.29) is 17.6 Å². The molecular weight excluding hydrogens is 426 g/mol. The number of nitrogens with zero attached hydrogens (tertiary/aromatic N) is 5. The minimum absolute atomic E-state index is 0.0112. The van der Waals surface area contributed by atoms with Crippen molar-refractivity contribution in [2.75, 3.05) is 32.7 Å². The van der Waals surface area contributed by atoms with Gasteiger partial charge in [0.1, 0.15) is 11.6 Å². The summed E-state index contributed by atoms with van der Waals surface area (Å²) in [5.41, 5.74) is 2.98. The lowest BCUT2D eigenvalue weighted by Gasteiger charge is -2.32. The van der Waals surface area contributed by atoms with Crippen molar-refractivity contribution in [3.05, 3.63) is 48.2 Å². The largest absolute Gasteiger partial charge is 0.342 e. The minimum Gasteiger partial charge on any atom is -0.342 e. The van der Waals surface area contributed by atoms with E-state index < -0.39 is 0 Å². The molecule has 0 N–H and O–H groups in total. The smallest absolute Gasteiger partial charge is 0.236 e. The van der Waals surface area contributed by atoms with Gasteiger partial charge < -0.3 is 9.47 Å². The molecule has 1 aromatic carbocycles. The fraction of sp³-hybridized carbons (Fsp3) is 0.481. The van der Waals surface area contributed by atoms with E-state index >= 15 is 0 Å². The van der Waals surface area contributed by atoms with Crippen molar-refractivity contribution < 1.29 is 9.59 Å². The van der Waals surface area contributed by atoms with Gasteiger partial charge in [0, 0.05) is 55.3 Å². The van der Waals surface area contributed by atoms with E-state index in [2.05, 4.69) is 37.6 Å². The number of hydrogen-bond acceptors (Lipinski definition) is 5. The van der Waals surface area contributed by atoms with Crippen molar-refractivity contribution >= 4 is 22.5 Å². The third kappa shape index (κ3) is 4.75. The highest BCUT2D eigenvalue weighted by molar-refractivity contribution is 5.88. The number of fused-ring (bicyclic) bond motifs is 1. The van der Waals surface area contributed by atoms with Gasteiger partial charge in [0.2, 0.25) is 5.91 Å². The standard InChI is InChI=1S/C27H33N5O2/c1-19-28-17-25(30(19)2)21-5-6-22-16-29-24(14-23(22)13-21)15-26(33)20-7-11-32(12-8-20)27(34)18-31-9-3-4-10-31/h5-6,13-14,16-17,20H,3-4,7-12,15,18H2,1-2H3. The van der Waals surface area contributed by atoms with E-state index in [4.69, 9.17) is 0 Å². The summed E-state index contributed by atoms with van der Waals surface area (Å²) < 4.78 is 2.08. The van der Waals surface area contributed by atoms with Crippen LogP contribution in [0, 0.1) is 12.8 Å². The lowest BCUT2D eigenvalue weighted by Crippen LogP contribution is -2.44. The third-order valence-electron chi connectivity index (χ3n) is 7.51. The number of aryl methyl sites for hydroxylation is 1. The molecule has 2 aliphatic rings. The maximum Gasteiger partial charge on any atom is 0.236 e. The Labute approximate surface area is 200 Å². The first kappa shape index (κ1) is 22.7. The second kappa shape index (κ2) is 9.66. The maximum atomic E-state index is 13.0. The van der Waals surface area contributed by atoms with E-state index in [9.17, 15) is 9.59 Å². The number of carbonyl (C=O) groups is 2. The Hall–Kier alpha value is -3.06. The number of rotatable bonds is 6. The average molecular weight is 460 g/mol. The van der Waals surface area contributed by atoms with Gasteiger partial charge >= 0.3 is 0 Å². The van der Waals surface area contributed by atoms with Crippen molar-refractivity contribution in [1.82, 2.24) is 24.3 Å². The van der Waals surface area contributed by atoms with E-state index in [1.54, 1.807) is 0 Å². The normalized spacial score (nSPS) is 17.5. The fourth-order valence-electron chi connectivity index (χ4n) is 5.22. The van der Waals surface area contributed by atoms with Crippen molar-refractivity contribution in [3.63, 3.8) is 0 Å². The van der Waals surface area contributed by atoms with Crippen molar-refractivity contribution in [2.24, 2.45) is 13.0 Å².